The highest BCUT2D eigenvalue weighted by atomic mass is 32.1. The molecule has 0 saturated carbocycles. The number of thiazole rings is 1. The molecule has 0 aliphatic heterocycles. The van der Waals surface area contributed by atoms with Crippen molar-refractivity contribution < 1.29 is 0 Å². The summed E-state index contributed by atoms with van der Waals surface area (Å²) in [4.78, 5) is 9.35. The van der Waals surface area contributed by atoms with Gasteiger partial charge in [0.05, 0.1) is 0 Å². The molecule has 68 valence electrons. The fourth-order valence-corrected chi connectivity index (χ4v) is 1.81. The molecule has 0 aliphatic rings. The summed E-state index contributed by atoms with van der Waals surface area (Å²) < 4.78 is 2.00. The smallest absolute Gasteiger partial charge is 0.180 e. The van der Waals surface area contributed by atoms with Crippen molar-refractivity contribution in [1.82, 2.24) is 14.5 Å². The Kier molecular flexibility index (Phi) is 2.02. The van der Waals surface area contributed by atoms with Crippen LogP contribution in [0.5, 0.6) is 0 Å². The number of imidazole rings is 1. The van der Waals surface area contributed by atoms with Crippen LogP contribution in [0, 0.1) is 0 Å². The third kappa shape index (κ3) is 1.70. The van der Waals surface area contributed by atoms with Gasteiger partial charge in [0.15, 0.2) is 5.13 Å². The van der Waals surface area contributed by atoms with Crippen molar-refractivity contribution >= 4 is 16.5 Å². The average molecular weight is 194 g/mol. The summed E-state index contributed by atoms with van der Waals surface area (Å²) in [5.74, 6) is 1.03. The predicted octanol–water partition coefficient (Wildman–Crippen LogP) is 1.05. The van der Waals surface area contributed by atoms with Gasteiger partial charge in [0.1, 0.15) is 5.82 Å². The lowest BCUT2D eigenvalue weighted by Gasteiger charge is -1.97. The van der Waals surface area contributed by atoms with Crippen LogP contribution in [-0.4, -0.2) is 14.5 Å². The Morgan fingerprint density at radius 2 is 2.38 bits per heavy atom. The fourth-order valence-electron chi connectivity index (χ4n) is 1.13. The molecule has 2 N–H and O–H groups in total. The second kappa shape index (κ2) is 3.18. The van der Waals surface area contributed by atoms with Gasteiger partial charge in [0, 0.05) is 36.9 Å². The van der Waals surface area contributed by atoms with Gasteiger partial charge >= 0.3 is 0 Å². The van der Waals surface area contributed by atoms with E-state index in [2.05, 4.69) is 9.97 Å². The number of nitrogen functional groups attached to an aromatic ring is 1. The number of rotatable bonds is 2. The van der Waals surface area contributed by atoms with E-state index in [1.165, 1.54) is 11.3 Å². The van der Waals surface area contributed by atoms with Gasteiger partial charge in [0.2, 0.25) is 0 Å². The summed E-state index contributed by atoms with van der Waals surface area (Å²) in [6, 6.07) is 0. The summed E-state index contributed by atoms with van der Waals surface area (Å²) in [6.45, 7) is 0. The van der Waals surface area contributed by atoms with Crippen molar-refractivity contribution in [2.45, 2.75) is 6.42 Å². The molecule has 4 nitrogen and oxygen atoms in total. The maximum Gasteiger partial charge on any atom is 0.180 e. The molecule has 0 unspecified atom stereocenters. The number of hydrogen-bond acceptors (Lipinski definition) is 4. The maximum atomic E-state index is 5.53. The Hall–Kier alpha value is -1.36. The largest absolute Gasteiger partial charge is 0.375 e. The van der Waals surface area contributed by atoms with Gasteiger partial charge in [-0.3, -0.25) is 0 Å². The number of nitrogens with zero attached hydrogens (tertiary/aromatic N) is 3. The van der Waals surface area contributed by atoms with Gasteiger partial charge in [-0.25, -0.2) is 9.97 Å². The van der Waals surface area contributed by atoms with Crippen LogP contribution in [-0.2, 0) is 13.5 Å². The Morgan fingerprint density at radius 3 is 2.92 bits per heavy atom. The third-order valence-electron chi connectivity index (χ3n) is 1.82. The minimum Gasteiger partial charge on any atom is -0.375 e. The van der Waals surface area contributed by atoms with Crippen LogP contribution in [0.1, 0.15) is 10.7 Å². The van der Waals surface area contributed by atoms with Crippen LogP contribution in [0.15, 0.2) is 18.6 Å². The molecule has 2 aromatic heterocycles. The summed E-state index contributed by atoms with van der Waals surface area (Å²) in [5.41, 5.74) is 5.53. The van der Waals surface area contributed by atoms with Gasteiger partial charge in [-0.2, -0.15) is 0 Å². The fraction of sp³-hybridized carbons (Fsp3) is 0.250. The van der Waals surface area contributed by atoms with Gasteiger partial charge in [-0.05, 0) is 0 Å². The molecule has 13 heavy (non-hydrogen) atoms. The number of anilines is 1. The van der Waals surface area contributed by atoms with E-state index in [0.717, 1.165) is 17.1 Å². The molecule has 0 aromatic carbocycles. The standard InChI is InChI=1S/C8H10N4S/c1-12-3-2-10-7(12)4-6-5-11-8(9)13-6/h2-3,5H,4H2,1H3,(H2,9,11). The highest BCUT2D eigenvalue weighted by Crippen LogP contribution is 2.17. The van der Waals surface area contributed by atoms with E-state index in [0.29, 0.717) is 5.13 Å². The van der Waals surface area contributed by atoms with Crippen LogP contribution in [0.3, 0.4) is 0 Å². The summed E-state index contributed by atoms with van der Waals surface area (Å²) in [7, 11) is 1.98. The second-order valence-electron chi connectivity index (χ2n) is 2.80. The summed E-state index contributed by atoms with van der Waals surface area (Å²) in [6.07, 6.45) is 6.33. The number of hydrogen-bond donors (Lipinski definition) is 1. The van der Waals surface area contributed by atoms with E-state index in [1.807, 2.05) is 17.8 Å². The van der Waals surface area contributed by atoms with E-state index in [9.17, 15) is 0 Å². The Balaban J connectivity index is 2.19. The lowest BCUT2D eigenvalue weighted by Crippen LogP contribution is -1.96. The normalized spacial score (nSPS) is 10.5. The monoisotopic (exact) mass is 194 g/mol. The van der Waals surface area contributed by atoms with Gasteiger partial charge in [-0.1, -0.05) is 0 Å². The zero-order valence-corrected chi connectivity index (χ0v) is 8.08. The SMILES string of the molecule is Cn1ccnc1Cc1cnc(N)s1. The topological polar surface area (TPSA) is 56.7 Å². The van der Waals surface area contributed by atoms with Crippen LogP contribution in [0.4, 0.5) is 5.13 Å². The molecule has 5 heteroatoms. The minimum absolute atomic E-state index is 0.615. The molecule has 0 spiro atoms. The molecule has 2 rings (SSSR count). The summed E-state index contributed by atoms with van der Waals surface area (Å²) >= 11 is 1.51. The molecular weight excluding hydrogens is 184 g/mol. The van der Waals surface area contributed by atoms with Crippen LogP contribution < -0.4 is 5.73 Å². The molecule has 0 amide bonds. The first-order valence-electron chi connectivity index (χ1n) is 3.92. The molecule has 0 aliphatic carbocycles. The van der Waals surface area contributed by atoms with Crippen molar-refractivity contribution in [3.8, 4) is 0 Å². The maximum absolute atomic E-state index is 5.53. The van der Waals surface area contributed by atoms with Crippen LogP contribution in [0.2, 0.25) is 0 Å². The van der Waals surface area contributed by atoms with Gasteiger partial charge in [-0.15, -0.1) is 11.3 Å². The first kappa shape index (κ1) is 8.25. The van der Waals surface area contributed by atoms with Crippen LogP contribution in [0.25, 0.3) is 0 Å². The lowest BCUT2D eigenvalue weighted by molar-refractivity contribution is 0.825. The second-order valence-corrected chi connectivity index (χ2v) is 3.94. The van der Waals surface area contributed by atoms with Crippen LogP contribution >= 0.6 is 11.3 Å². The highest BCUT2D eigenvalue weighted by molar-refractivity contribution is 7.15. The molecule has 0 bridgehead atoms. The van der Waals surface area contributed by atoms with Crippen molar-refractivity contribution in [3.63, 3.8) is 0 Å². The zero-order chi connectivity index (χ0) is 9.26. The molecule has 0 fully saturated rings. The van der Waals surface area contributed by atoms with Crippen molar-refractivity contribution in [1.29, 1.82) is 0 Å². The Morgan fingerprint density at radius 1 is 1.54 bits per heavy atom. The van der Waals surface area contributed by atoms with E-state index in [1.54, 1.807) is 12.4 Å². The number of nitrogens with two attached hydrogens (primary N) is 1. The summed E-state index contributed by atoms with van der Waals surface area (Å²) in [5, 5.41) is 0.615. The lowest BCUT2D eigenvalue weighted by atomic mass is 10.3. The van der Waals surface area contributed by atoms with Crippen molar-refractivity contribution in [2.24, 2.45) is 7.05 Å². The Labute approximate surface area is 80.1 Å². The zero-order valence-electron chi connectivity index (χ0n) is 7.27. The average Bonchev–Trinajstić information content (AvgIpc) is 2.64. The van der Waals surface area contributed by atoms with Crippen molar-refractivity contribution in [3.05, 3.63) is 29.3 Å². The minimum atomic E-state index is 0.615. The first-order valence-corrected chi connectivity index (χ1v) is 4.74. The number of aromatic nitrogens is 3. The molecule has 0 atom stereocenters. The molecule has 0 saturated heterocycles. The van der Waals surface area contributed by atoms with E-state index in [4.69, 9.17) is 5.73 Å². The van der Waals surface area contributed by atoms with Gasteiger partial charge in [0.25, 0.3) is 0 Å². The molecular formula is C8H10N4S. The highest BCUT2D eigenvalue weighted by Gasteiger charge is 2.03. The first-order chi connectivity index (χ1) is 6.25. The van der Waals surface area contributed by atoms with Crippen molar-refractivity contribution in [2.75, 3.05) is 5.73 Å². The number of aryl methyl sites for hydroxylation is 1. The van der Waals surface area contributed by atoms with E-state index < -0.39 is 0 Å². The van der Waals surface area contributed by atoms with Gasteiger partial charge < -0.3 is 10.3 Å². The van der Waals surface area contributed by atoms with E-state index in [-0.39, 0.29) is 0 Å². The quantitative estimate of drug-likeness (QED) is 0.777. The molecule has 2 aromatic rings. The predicted molar refractivity (Wildman–Crippen MR) is 52.5 cm³/mol. The molecule has 0 radical (unpaired) electrons. The molecule has 2 heterocycles. The van der Waals surface area contributed by atoms with E-state index >= 15 is 0 Å². The Bertz CT molecular complexity index is 404. The third-order valence-corrected chi connectivity index (χ3v) is 2.65.